The Balaban J connectivity index is 2.50. The minimum atomic E-state index is -0.879. The molecule has 0 heterocycles. The van der Waals surface area contributed by atoms with Crippen molar-refractivity contribution < 1.29 is 13.5 Å². The first kappa shape index (κ1) is 15.1. The molecule has 0 saturated heterocycles. The van der Waals surface area contributed by atoms with Gasteiger partial charge in [-0.25, -0.2) is 8.78 Å². The summed E-state index contributed by atoms with van der Waals surface area (Å²) in [4.78, 5) is 0. The maximum atomic E-state index is 13.5. The van der Waals surface area contributed by atoms with Crippen molar-refractivity contribution in [1.82, 2.24) is 0 Å². The van der Waals surface area contributed by atoms with Crippen LogP contribution in [0.15, 0.2) is 18.2 Å². The van der Waals surface area contributed by atoms with Crippen LogP contribution in [0.25, 0.3) is 0 Å². The molecule has 102 valence electrons. The zero-order valence-corrected chi connectivity index (χ0v) is 11.0. The van der Waals surface area contributed by atoms with Gasteiger partial charge >= 0.3 is 0 Å². The molecule has 0 bridgehead atoms. The lowest BCUT2D eigenvalue weighted by Crippen LogP contribution is -2.21. The number of benzene rings is 1. The fourth-order valence-corrected chi connectivity index (χ4v) is 1.78. The van der Waals surface area contributed by atoms with Gasteiger partial charge in [0.25, 0.3) is 0 Å². The van der Waals surface area contributed by atoms with Gasteiger partial charge in [-0.05, 0) is 12.0 Å². The van der Waals surface area contributed by atoms with E-state index in [1.165, 1.54) is 12.1 Å². The van der Waals surface area contributed by atoms with Gasteiger partial charge in [0.1, 0.15) is 0 Å². The maximum absolute atomic E-state index is 13.5. The second-order valence-corrected chi connectivity index (χ2v) is 4.47. The van der Waals surface area contributed by atoms with Crippen LogP contribution in [0.1, 0.15) is 38.3 Å². The average Bonchev–Trinajstić information content (AvgIpc) is 2.37. The van der Waals surface area contributed by atoms with Crippen LogP contribution in [0.5, 0.6) is 0 Å². The van der Waals surface area contributed by atoms with Crippen molar-refractivity contribution in [2.75, 3.05) is 13.2 Å². The van der Waals surface area contributed by atoms with Gasteiger partial charge < -0.3 is 10.5 Å². The van der Waals surface area contributed by atoms with E-state index < -0.39 is 17.7 Å². The highest BCUT2D eigenvalue weighted by atomic mass is 19.2. The van der Waals surface area contributed by atoms with Crippen LogP contribution in [0, 0.1) is 17.6 Å². The first-order valence-electron chi connectivity index (χ1n) is 6.37. The minimum absolute atomic E-state index is 0.166. The van der Waals surface area contributed by atoms with E-state index in [0.717, 1.165) is 18.9 Å². The standard InChI is InChI=1S/C14H21F2NO/c1-3-10(4-2)8-18-9-13(17)11-6-5-7-12(15)14(11)16/h5-7,10,13H,3-4,8-9,17H2,1-2H3. The highest BCUT2D eigenvalue weighted by Gasteiger charge is 2.15. The van der Waals surface area contributed by atoms with Crippen LogP contribution >= 0.6 is 0 Å². The largest absolute Gasteiger partial charge is 0.379 e. The molecule has 1 aromatic carbocycles. The van der Waals surface area contributed by atoms with Crippen LogP contribution in [0.3, 0.4) is 0 Å². The number of rotatable bonds is 7. The normalized spacial score (nSPS) is 13.0. The van der Waals surface area contributed by atoms with E-state index in [9.17, 15) is 8.78 Å². The van der Waals surface area contributed by atoms with Gasteiger partial charge in [0, 0.05) is 12.2 Å². The molecule has 0 amide bonds. The summed E-state index contributed by atoms with van der Waals surface area (Å²) in [6, 6.07) is 3.39. The molecule has 0 saturated carbocycles. The minimum Gasteiger partial charge on any atom is -0.379 e. The molecule has 0 aliphatic carbocycles. The summed E-state index contributed by atoms with van der Waals surface area (Å²) in [5, 5.41) is 0. The number of halogens is 2. The summed E-state index contributed by atoms with van der Waals surface area (Å²) in [5.74, 6) is -1.26. The second-order valence-electron chi connectivity index (χ2n) is 4.47. The Kier molecular flexibility index (Phi) is 6.22. The van der Waals surface area contributed by atoms with Crippen LogP contribution in [-0.4, -0.2) is 13.2 Å². The smallest absolute Gasteiger partial charge is 0.163 e. The predicted octanol–water partition coefficient (Wildman–Crippen LogP) is 3.42. The quantitative estimate of drug-likeness (QED) is 0.812. The molecule has 0 aromatic heterocycles. The molecule has 1 rings (SSSR count). The Bertz CT molecular complexity index is 367. The Hall–Kier alpha value is -1.00. The molecular formula is C14H21F2NO. The lowest BCUT2D eigenvalue weighted by atomic mass is 10.1. The van der Waals surface area contributed by atoms with E-state index in [4.69, 9.17) is 10.5 Å². The zero-order chi connectivity index (χ0) is 13.5. The van der Waals surface area contributed by atoms with Crippen molar-refractivity contribution in [3.8, 4) is 0 Å². The van der Waals surface area contributed by atoms with Crippen molar-refractivity contribution in [3.05, 3.63) is 35.4 Å². The topological polar surface area (TPSA) is 35.2 Å². The monoisotopic (exact) mass is 257 g/mol. The van der Waals surface area contributed by atoms with Crippen LogP contribution in [0.4, 0.5) is 8.78 Å². The van der Waals surface area contributed by atoms with Crippen LogP contribution < -0.4 is 5.73 Å². The molecular weight excluding hydrogens is 236 g/mol. The third-order valence-electron chi connectivity index (χ3n) is 3.19. The van der Waals surface area contributed by atoms with Crippen molar-refractivity contribution in [2.24, 2.45) is 11.7 Å². The van der Waals surface area contributed by atoms with Gasteiger partial charge in [-0.3, -0.25) is 0 Å². The van der Waals surface area contributed by atoms with Gasteiger partial charge in [0.2, 0.25) is 0 Å². The average molecular weight is 257 g/mol. The fraction of sp³-hybridized carbons (Fsp3) is 0.571. The van der Waals surface area contributed by atoms with Crippen LogP contribution in [0.2, 0.25) is 0 Å². The highest BCUT2D eigenvalue weighted by Crippen LogP contribution is 2.18. The first-order chi connectivity index (χ1) is 8.60. The first-order valence-corrected chi connectivity index (χ1v) is 6.37. The summed E-state index contributed by atoms with van der Waals surface area (Å²) < 4.78 is 32.0. The third-order valence-corrected chi connectivity index (χ3v) is 3.19. The fourth-order valence-electron chi connectivity index (χ4n) is 1.78. The number of hydrogen-bond acceptors (Lipinski definition) is 2. The molecule has 4 heteroatoms. The van der Waals surface area contributed by atoms with E-state index in [2.05, 4.69) is 13.8 Å². The Labute approximate surface area is 107 Å². The van der Waals surface area contributed by atoms with Crippen molar-refractivity contribution in [3.63, 3.8) is 0 Å². The highest BCUT2D eigenvalue weighted by molar-refractivity contribution is 5.22. The Morgan fingerprint density at radius 3 is 2.44 bits per heavy atom. The van der Waals surface area contributed by atoms with E-state index in [-0.39, 0.29) is 12.2 Å². The molecule has 18 heavy (non-hydrogen) atoms. The summed E-state index contributed by atoms with van der Waals surface area (Å²) in [5.41, 5.74) is 5.97. The van der Waals surface area contributed by atoms with Gasteiger partial charge in [-0.15, -0.1) is 0 Å². The van der Waals surface area contributed by atoms with Crippen molar-refractivity contribution in [2.45, 2.75) is 32.7 Å². The molecule has 0 radical (unpaired) electrons. The number of ether oxygens (including phenoxy) is 1. The molecule has 0 fully saturated rings. The van der Waals surface area contributed by atoms with E-state index >= 15 is 0 Å². The van der Waals surface area contributed by atoms with Gasteiger partial charge in [0.15, 0.2) is 11.6 Å². The molecule has 0 aliphatic rings. The third kappa shape index (κ3) is 4.03. The lowest BCUT2D eigenvalue weighted by molar-refractivity contribution is 0.0853. The zero-order valence-electron chi connectivity index (χ0n) is 11.0. The molecule has 1 unspecified atom stereocenters. The molecule has 1 aromatic rings. The van der Waals surface area contributed by atoms with Gasteiger partial charge in [-0.2, -0.15) is 0 Å². The van der Waals surface area contributed by atoms with Crippen molar-refractivity contribution in [1.29, 1.82) is 0 Å². The molecule has 0 spiro atoms. The SMILES string of the molecule is CCC(CC)COCC(N)c1cccc(F)c1F. The maximum Gasteiger partial charge on any atom is 0.163 e. The Morgan fingerprint density at radius 1 is 1.17 bits per heavy atom. The van der Waals surface area contributed by atoms with Gasteiger partial charge in [0.05, 0.1) is 12.6 Å². The van der Waals surface area contributed by atoms with E-state index in [1.54, 1.807) is 0 Å². The number of nitrogens with two attached hydrogens (primary N) is 1. The summed E-state index contributed by atoms with van der Waals surface area (Å²) >= 11 is 0. The number of hydrogen-bond donors (Lipinski definition) is 1. The summed E-state index contributed by atoms with van der Waals surface area (Å²) in [6.45, 7) is 5.02. The molecule has 0 aliphatic heterocycles. The summed E-state index contributed by atoms with van der Waals surface area (Å²) in [7, 11) is 0. The van der Waals surface area contributed by atoms with E-state index in [0.29, 0.717) is 12.5 Å². The molecule has 2 N–H and O–H groups in total. The van der Waals surface area contributed by atoms with Crippen LogP contribution in [-0.2, 0) is 4.74 Å². The Morgan fingerprint density at radius 2 is 1.83 bits per heavy atom. The second kappa shape index (κ2) is 7.44. The van der Waals surface area contributed by atoms with Crippen molar-refractivity contribution >= 4 is 0 Å². The van der Waals surface area contributed by atoms with Gasteiger partial charge in [-0.1, -0.05) is 38.8 Å². The lowest BCUT2D eigenvalue weighted by Gasteiger charge is -2.17. The molecule has 2 nitrogen and oxygen atoms in total. The predicted molar refractivity (Wildman–Crippen MR) is 68.2 cm³/mol. The summed E-state index contributed by atoms with van der Waals surface area (Å²) in [6.07, 6.45) is 2.08. The van der Waals surface area contributed by atoms with E-state index in [1.807, 2.05) is 0 Å². The molecule has 1 atom stereocenters.